The number of allylic oxidation sites excluding steroid dienone is 1. The van der Waals surface area contributed by atoms with E-state index in [9.17, 15) is 9.59 Å². The molecule has 0 bridgehead atoms. The van der Waals surface area contributed by atoms with Crippen molar-refractivity contribution in [2.24, 2.45) is 0 Å². The first-order valence-corrected chi connectivity index (χ1v) is 4.11. The van der Waals surface area contributed by atoms with Gasteiger partial charge in [0.15, 0.2) is 5.78 Å². The Morgan fingerprint density at radius 1 is 1.38 bits per heavy atom. The van der Waals surface area contributed by atoms with Crippen LogP contribution in [0.4, 0.5) is 0 Å². The Kier molecular flexibility index (Phi) is 5.59. The SMILES string of the molecule is CCOC=C(CCC(=O)O)C(C)=O. The normalized spacial score (nSPS) is 11.1. The minimum Gasteiger partial charge on any atom is -0.501 e. The number of hydrogen-bond acceptors (Lipinski definition) is 3. The Hall–Kier alpha value is -1.32. The maximum absolute atomic E-state index is 10.9. The van der Waals surface area contributed by atoms with Crippen LogP contribution in [0.1, 0.15) is 26.7 Å². The van der Waals surface area contributed by atoms with E-state index in [1.165, 1.54) is 13.2 Å². The second-order valence-corrected chi connectivity index (χ2v) is 2.55. The third kappa shape index (κ3) is 5.90. The molecule has 74 valence electrons. The molecule has 0 rings (SSSR count). The van der Waals surface area contributed by atoms with Crippen molar-refractivity contribution in [3.63, 3.8) is 0 Å². The molecule has 0 aliphatic heterocycles. The van der Waals surface area contributed by atoms with Crippen LogP contribution < -0.4 is 0 Å². The zero-order valence-corrected chi connectivity index (χ0v) is 7.87. The van der Waals surface area contributed by atoms with Crippen molar-refractivity contribution in [3.8, 4) is 0 Å². The van der Waals surface area contributed by atoms with Gasteiger partial charge >= 0.3 is 5.97 Å². The fourth-order valence-corrected chi connectivity index (χ4v) is 0.743. The molecule has 0 aromatic heterocycles. The van der Waals surface area contributed by atoms with Crippen molar-refractivity contribution in [2.45, 2.75) is 26.7 Å². The Bertz CT molecular complexity index is 218. The molecule has 0 atom stereocenters. The first-order chi connectivity index (χ1) is 6.07. The summed E-state index contributed by atoms with van der Waals surface area (Å²) < 4.78 is 4.91. The number of ether oxygens (including phenoxy) is 1. The van der Waals surface area contributed by atoms with Crippen LogP contribution in [-0.4, -0.2) is 23.5 Å². The van der Waals surface area contributed by atoms with E-state index in [4.69, 9.17) is 9.84 Å². The number of carboxylic acids is 1. The molecule has 0 fully saturated rings. The van der Waals surface area contributed by atoms with Gasteiger partial charge in [-0.05, 0) is 20.3 Å². The summed E-state index contributed by atoms with van der Waals surface area (Å²) >= 11 is 0. The summed E-state index contributed by atoms with van der Waals surface area (Å²) in [5.74, 6) is -1.06. The van der Waals surface area contributed by atoms with E-state index in [1.807, 2.05) is 0 Å². The second kappa shape index (κ2) is 6.22. The first kappa shape index (κ1) is 11.7. The Morgan fingerprint density at radius 2 is 2.00 bits per heavy atom. The quantitative estimate of drug-likeness (QED) is 0.502. The molecule has 0 spiro atoms. The number of carbonyl (C=O) groups is 2. The summed E-state index contributed by atoms with van der Waals surface area (Å²) in [6.07, 6.45) is 1.52. The van der Waals surface area contributed by atoms with E-state index in [1.54, 1.807) is 6.92 Å². The molecule has 0 aliphatic carbocycles. The lowest BCUT2D eigenvalue weighted by Crippen LogP contribution is -2.02. The lowest BCUT2D eigenvalue weighted by molar-refractivity contribution is -0.136. The van der Waals surface area contributed by atoms with Crippen LogP contribution in [-0.2, 0) is 14.3 Å². The van der Waals surface area contributed by atoms with Crippen molar-refractivity contribution in [2.75, 3.05) is 6.61 Å². The monoisotopic (exact) mass is 186 g/mol. The topological polar surface area (TPSA) is 63.6 Å². The number of rotatable bonds is 6. The number of aliphatic carboxylic acids is 1. The van der Waals surface area contributed by atoms with E-state index in [2.05, 4.69) is 0 Å². The van der Waals surface area contributed by atoms with Gasteiger partial charge in [-0.1, -0.05) is 0 Å². The van der Waals surface area contributed by atoms with Crippen molar-refractivity contribution in [1.82, 2.24) is 0 Å². The highest BCUT2D eigenvalue weighted by atomic mass is 16.5. The summed E-state index contributed by atoms with van der Waals surface area (Å²) in [6, 6.07) is 0. The minimum atomic E-state index is -0.913. The van der Waals surface area contributed by atoms with E-state index in [0.717, 1.165) is 0 Å². The molecule has 13 heavy (non-hydrogen) atoms. The molecule has 0 heterocycles. The fourth-order valence-electron chi connectivity index (χ4n) is 0.743. The molecular weight excluding hydrogens is 172 g/mol. The molecule has 4 nitrogen and oxygen atoms in total. The lowest BCUT2D eigenvalue weighted by atomic mass is 10.1. The van der Waals surface area contributed by atoms with Crippen LogP contribution >= 0.6 is 0 Å². The number of carboxylic acid groups (broad SMARTS) is 1. The van der Waals surface area contributed by atoms with Crippen molar-refractivity contribution >= 4 is 11.8 Å². The lowest BCUT2D eigenvalue weighted by Gasteiger charge is -2.01. The van der Waals surface area contributed by atoms with Gasteiger partial charge in [0.05, 0.1) is 12.9 Å². The van der Waals surface area contributed by atoms with Crippen LogP contribution in [0.5, 0.6) is 0 Å². The number of Topliss-reactive ketones (excluding diaryl/α,β-unsaturated/α-hetero) is 1. The average Bonchev–Trinajstić information content (AvgIpc) is 2.03. The predicted octanol–water partition coefficient (Wildman–Crippen LogP) is 1.36. The van der Waals surface area contributed by atoms with Gasteiger partial charge in [0.2, 0.25) is 0 Å². The van der Waals surface area contributed by atoms with Crippen molar-refractivity contribution in [1.29, 1.82) is 0 Å². The second-order valence-electron chi connectivity index (χ2n) is 2.55. The number of carbonyl (C=O) groups excluding carboxylic acids is 1. The van der Waals surface area contributed by atoms with Crippen LogP contribution in [0, 0.1) is 0 Å². The largest absolute Gasteiger partial charge is 0.501 e. The van der Waals surface area contributed by atoms with Gasteiger partial charge in [0.1, 0.15) is 0 Å². The standard InChI is InChI=1S/C9H14O4/c1-3-13-6-8(7(2)10)4-5-9(11)12/h6H,3-5H2,1-2H3,(H,11,12). The summed E-state index contributed by atoms with van der Waals surface area (Å²) in [5.41, 5.74) is 0.421. The van der Waals surface area contributed by atoms with Crippen LogP contribution in [0.15, 0.2) is 11.8 Å². The van der Waals surface area contributed by atoms with E-state index < -0.39 is 5.97 Å². The van der Waals surface area contributed by atoms with E-state index in [0.29, 0.717) is 12.2 Å². The van der Waals surface area contributed by atoms with E-state index >= 15 is 0 Å². The van der Waals surface area contributed by atoms with Gasteiger partial charge in [0, 0.05) is 12.0 Å². The third-order valence-electron chi connectivity index (χ3n) is 1.45. The molecule has 0 aromatic rings. The fraction of sp³-hybridized carbons (Fsp3) is 0.556. The summed E-state index contributed by atoms with van der Waals surface area (Å²) in [5, 5.41) is 8.39. The van der Waals surface area contributed by atoms with Gasteiger partial charge in [-0.2, -0.15) is 0 Å². The van der Waals surface area contributed by atoms with Gasteiger partial charge in [-0.15, -0.1) is 0 Å². The zero-order valence-electron chi connectivity index (χ0n) is 7.87. The van der Waals surface area contributed by atoms with Crippen LogP contribution in [0.25, 0.3) is 0 Å². The highest BCUT2D eigenvalue weighted by molar-refractivity contribution is 5.93. The highest BCUT2D eigenvalue weighted by Gasteiger charge is 2.06. The van der Waals surface area contributed by atoms with Gasteiger partial charge in [-0.3, -0.25) is 9.59 Å². The molecule has 0 saturated carbocycles. The first-order valence-electron chi connectivity index (χ1n) is 4.11. The average molecular weight is 186 g/mol. The Labute approximate surface area is 77.2 Å². The Balaban J connectivity index is 4.10. The maximum Gasteiger partial charge on any atom is 0.303 e. The molecule has 0 aromatic carbocycles. The summed E-state index contributed by atoms with van der Waals surface area (Å²) in [6.45, 7) is 3.67. The van der Waals surface area contributed by atoms with Crippen molar-refractivity contribution in [3.05, 3.63) is 11.8 Å². The van der Waals surface area contributed by atoms with Crippen LogP contribution in [0.3, 0.4) is 0 Å². The Morgan fingerprint density at radius 3 is 2.38 bits per heavy atom. The molecule has 1 N–H and O–H groups in total. The smallest absolute Gasteiger partial charge is 0.303 e. The predicted molar refractivity (Wildman–Crippen MR) is 47.3 cm³/mol. The number of hydrogen-bond donors (Lipinski definition) is 1. The third-order valence-corrected chi connectivity index (χ3v) is 1.45. The van der Waals surface area contributed by atoms with Crippen LogP contribution in [0.2, 0.25) is 0 Å². The maximum atomic E-state index is 10.9. The van der Waals surface area contributed by atoms with E-state index in [-0.39, 0.29) is 18.6 Å². The summed E-state index contributed by atoms with van der Waals surface area (Å²) in [7, 11) is 0. The molecule has 0 aliphatic rings. The zero-order chi connectivity index (χ0) is 10.3. The molecule has 0 unspecified atom stereocenters. The molecular formula is C9H14O4. The number of ketones is 1. The molecule has 0 saturated heterocycles. The van der Waals surface area contributed by atoms with Crippen molar-refractivity contribution < 1.29 is 19.4 Å². The highest BCUT2D eigenvalue weighted by Crippen LogP contribution is 2.06. The minimum absolute atomic E-state index is 0.0432. The summed E-state index contributed by atoms with van der Waals surface area (Å²) in [4.78, 5) is 21.1. The molecule has 4 heteroatoms. The van der Waals surface area contributed by atoms with Gasteiger partial charge in [-0.25, -0.2) is 0 Å². The van der Waals surface area contributed by atoms with Gasteiger partial charge < -0.3 is 9.84 Å². The molecule has 0 amide bonds. The molecule has 0 radical (unpaired) electrons. The van der Waals surface area contributed by atoms with Gasteiger partial charge in [0.25, 0.3) is 0 Å².